The second-order valence-corrected chi connectivity index (χ2v) is 5.92. The predicted molar refractivity (Wildman–Crippen MR) is 47.0 cm³/mol. The van der Waals surface area contributed by atoms with Crippen molar-refractivity contribution in [3.63, 3.8) is 0 Å². The minimum atomic E-state index is -3.12. The summed E-state index contributed by atoms with van der Waals surface area (Å²) in [5, 5.41) is 8.86. The number of nitrogens with two attached hydrogens (primary N) is 1. The molecule has 1 aliphatic rings. The Morgan fingerprint density at radius 1 is 1.62 bits per heavy atom. The number of hydrogen-bond donors (Lipinski definition) is 2. The fourth-order valence-electron chi connectivity index (χ4n) is 1.36. The summed E-state index contributed by atoms with van der Waals surface area (Å²) in [5.74, 6) is -1.32. The molecular weight excluding hydrogens is 194 g/mol. The Balaban J connectivity index is 2.92. The number of carboxylic acids is 1. The van der Waals surface area contributed by atoms with Crippen LogP contribution in [0, 0.1) is 5.41 Å². The molecule has 0 aromatic rings. The van der Waals surface area contributed by atoms with E-state index in [0.717, 1.165) is 0 Å². The summed E-state index contributed by atoms with van der Waals surface area (Å²) < 4.78 is 22.2. The predicted octanol–water partition coefficient (Wildman–Crippen LogP) is -0.777. The normalized spacial score (nSPS) is 38.5. The summed E-state index contributed by atoms with van der Waals surface area (Å²) in [4.78, 5) is 10.8. The third-order valence-electron chi connectivity index (χ3n) is 2.67. The van der Waals surface area contributed by atoms with Crippen LogP contribution in [0.1, 0.15) is 13.3 Å². The van der Waals surface area contributed by atoms with E-state index in [2.05, 4.69) is 0 Å². The van der Waals surface area contributed by atoms with Gasteiger partial charge in [-0.25, -0.2) is 8.42 Å². The zero-order chi connectivity index (χ0) is 10.3. The van der Waals surface area contributed by atoms with Crippen LogP contribution in [0.4, 0.5) is 0 Å². The molecule has 3 N–H and O–H groups in total. The molecule has 1 saturated heterocycles. The first-order chi connectivity index (χ1) is 5.78. The molecule has 0 aromatic carbocycles. The van der Waals surface area contributed by atoms with E-state index in [1.54, 1.807) is 0 Å². The fourth-order valence-corrected chi connectivity index (χ4v) is 3.18. The standard InChI is InChI=1S/C7H13NO4S/c1-7(6(9)10)2-3-13(11,12)4-5(7)8/h5H,2-4,8H2,1H3,(H,9,10). The Morgan fingerprint density at radius 2 is 2.15 bits per heavy atom. The number of aliphatic carboxylic acids is 1. The zero-order valence-electron chi connectivity index (χ0n) is 7.36. The second kappa shape index (κ2) is 2.95. The molecular formula is C7H13NO4S. The van der Waals surface area contributed by atoms with Crippen LogP contribution in [0.5, 0.6) is 0 Å². The molecule has 1 fully saturated rings. The van der Waals surface area contributed by atoms with Crippen LogP contribution in [0.2, 0.25) is 0 Å². The molecule has 0 aromatic heterocycles. The molecule has 0 saturated carbocycles. The molecule has 1 heterocycles. The SMILES string of the molecule is CC1(C(=O)O)CCS(=O)(=O)CC1N. The number of sulfone groups is 1. The molecule has 0 spiro atoms. The lowest BCUT2D eigenvalue weighted by Crippen LogP contribution is -2.53. The van der Waals surface area contributed by atoms with Gasteiger partial charge >= 0.3 is 5.97 Å². The van der Waals surface area contributed by atoms with Crippen LogP contribution in [0.25, 0.3) is 0 Å². The lowest BCUT2D eigenvalue weighted by molar-refractivity contribution is -0.149. The Hall–Kier alpha value is -0.620. The molecule has 2 unspecified atom stereocenters. The van der Waals surface area contributed by atoms with Crippen LogP contribution in [-0.4, -0.2) is 37.0 Å². The number of carbonyl (C=O) groups is 1. The summed E-state index contributed by atoms with van der Waals surface area (Å²) in [5.41, 5.74) is 4.44. The van der Waals surface area contributed by atoms with Crippen LogP contribution >= 0.6 is 0 Å². The van der Waals surface area contributed by atoms with Crippen molar-refractivity contribution in [3.8, 4) is 0 Å². The van der Waals surface area contributed by atoms with Gasteiger partial charge in [-0.15, -0.1) is 0 Å². The van der Waals surface area contributed by atoms with E-state index < -0.39 is 27.3 Å². The minimum Gasteiger partial charge on any atom is -0.481 e. The molecule has 1 aliphatic heterocycles. The van der Waals surface area contributed by atoms with Gasteiger partial charge in [-0.2, -0.15) is 0 Å². The van der Waals surface area contributed by atoms with Crippen molar-refractivity contribution in [3.05, 3.63) is 0 Å². The Morgan fingerprint density at radius 3 is 2.54 bits per heavy atom. The first kappa shape index (κ1) is 10.5. The highest BCUT2D eigenvalue weighted by molar-refractivity contribution is 7.91. The Kier molecular flexibility index (Phi) is 2.38. The third-order valence-corrected chi connectivity index (χ3v) is 4.37. The first-order valence-electron chi connectivity index (χ1n) is 3.97. The highest BCUT2D eigenvalue weighted by Crippen LogP contribution is 2.31. The van der Waals surface area contributed by atoms with Gasteiger partial charge in [0.15, 0.2) is 9.84 Å². The average molecular weight is 207 g/mol. The van der Waals surface area contributed by atoms with Gasteiger partial charge in [0.1, 0.15) is 0 Å². The van der Waals surface area contributed by atoms with E-state index in [9.17, 15) is 13.2 Å². The highest BCUT2D eigenvalue weighted by Gasteiger charge is 2.45. The second-order valence-electron chi connectivity index (χ2n) is 3.69. The topological polar surface area (TPSA) is 97.5 Å². The average Bonchev–Trinajstić information content (AvgIpc) is 1.96. The smallest absolute Gasteiger partial charge is 0.310 e. The summed E-state index contributed by atoms with van der Waals surface area (Å²) in [7, 11) is -3.12. The summed E-state index contributed by atoms with van der Waals surface area (Å²) in [6, 6.07) is -0.802. The van der Waals surface area contributed by atoms with Crippen LogP contribution in [-0.2, 0) is 14.6 Å². The summed E-state index contributed by atoms with van der Waals surface area (Å²) in [6.07, 6.45) is 0.103. The molecule has 13 heavy (non-hydrogen) atoms. The number of hydrogen-bond acceptors (Lipinski definition) is 4. The van der Waals surface area contributed by atoms with E-state index in [-0.39, 0.29) is 17.9 Å². The van der Waals surface area contributed by atoms with Crippen molar-refractivity contribution < 1.29 is 18.3 Å². The number of rotatable bonds is 1. The monoisotopic (exact) mass is 207 g/mol. The molecule has 0 radical (unpaired) electrons. The van der Waals surface area contributed by atoms with Gasteiger partial charge in [-0.05, 0) is 13.3 Å². The molecule has 76 valence electrons. The van der Waals surface area contributed by atoms with Gasteiger partial charge in [0.25, 0.3) is 0 Å². The summed E-state index contributed by atoms with van der Waals surface area (Å²) in [6.45, 7) is 1.49. The molecule has 2 atom stereocenters. The molecule has 6 heteroatoms. The van der Waals surface area contributed by atoms with Crippen molar-refractivity contribution in [2.45, 2.75) is 19.4 Å². The van der Waals surface area contributed by atoms with Gasteiger partial charge in [0.05, 0.1) is 16.9 Å². The maximum atomic E-state index is 11.1. The van der Waals surface area contributed by atoms with E-state index in [1.807, 2.05) is 0 Å². The summed E-state index contributed by atoms with van der Waals surface area (Å²) >= 11 is 0. The quantitative estimate of drug-likeness (QED) is 0.588. The minimum absolute atomic E-state index is 0.0799. The fraction of sp³-hybridized carbons (Fsp3) is 0.857. The molecule has 0 bridgehead atoms. The van der Waals surface area contributed by atoms with Crippen molar-refractivity contribution in [1.29, 1.82) is 0 Å². The van der Waals surface area contributed by atoms with Gasteiger partial charge in [-0.3, -0.25) is 4.79 Å². The van der Waals surface area contributed by atoms with Gasteiger partial charge in [0, 0.05) is 6.04 Å². The van der Waals surface area contributed by atoms with Crippen molar-refractivity contribution in [2.24, 2.45) is 11.1 Å². The highest BCUT2D eigenvalue weighted by atomic mass is 32.2. The molecule has 0 aliphatic carbocycles. The van der Waals surface area contributed by atoms with Crippen molar-refractivity contribution >= 4 is 15.8 Å². The lowest BCUT2D eigenvalue weighted by atomic mass is 9.81. The molecule has 0 amide bonds. The van der Waals surface area contributed by atoms with E-state index in [0.29, 0.717) is 0 Å². The van der Waals surface area contributed by atoms with Crippen LogP contribution in [0.15, 0.2) is 0 Å². The third kappa shape index (κ3) is 1.83. The van der Waals surface area contributed by atoms with Crippen LogP contribution < -0.4 is 5.73 Å². The lowest BCUT2D eigenvalue weighted by Gasteiger charge is -2.34. The van der Waals surface area contributed by atoms with E-state index in [4.69, 9.17) is 10.8 Å². The van der Waals surface area contributed by atoms with Crippen molar-refractivity contribution in [1.82, 2.24) is 0 Å². The van der Waals surface area contributed by atoms with Gasteiger partial charge in [0.2, 0.25) is 0 Å². The van der Waals surface area contributed by atoms with Gasteiger partial charge < -0.3 is 10.8 Å². The Bertz CT molecular complexity index is 323. The van der Waals surface area contributed by atoms with E-state index in [1.165, 1.54) is 6.92 Å². The first-order valence-corrected chi connectivity index (χ1v) is 5.79. The largest absolute Gasteiger partial charge is 0.481 e. The maximum absolute atomic E-state index is 11.1. The molecule has 1 rings (SSSR count). The van der Waals surface area contributed by atoms with Crippen LogP contribution in [0.3, 0.4) is 0 Å². The van der Waals surface area contributed by atoms with E-state index >= 15 is 0 Å². The molecule has 5 nitrogen and oxygen atoms in total. The Labute approximate surface area is 76.8 Å². The van der Waals surface area contributed by atoms with Crippen molar-refractivity contribution in [2.75, 3.05) is 11.5 Å². The number of carboxylic acid groups (broad SMARTS) is 1. The zero-order valence-corrected chi connectivity index (χ0v) is 8.17. The van der Waals surface area contributed by atoms with Gasteiger partial charge in [-0.1, -0.05) is 0 Å². The maximum Gasteiger partial charge on any atom is 0.310 e.